The van der Waals surface area contributed by atoms with Gasteiger partial charge >= 0.3 is 6.18 Å². The van der Waals surface area contributed by atoms with Gasteiger partial charge in [-0.15, -0.1) is 0 Å². The number of hydrogen-bond donors (Lipinski definition) is 2. The van der Waals surface area contributed by atoms with Gasteiger partial charge in [0, 0.05) is 68.2 Å². The maximum absolute atomic E-state index is 13.2. The van der Waals surface area contributed by atoms with Crippen LogP contribution >= 0.6 is 0 Å². The fourth-order valence-electron chi connectivity index (χ4n) is 4.63. The molecule has 38 heavy (non-hydrogen) atoms. The van der Waals surface area contributed by atoms with Gasteiger partial charge in [0.2, 0.25) is 10.0 Å². The second kappa shape index (κ2) is 10.0. The minimum absolute atomic E-state index is 0.0644. The van der Waals surface area contributed by atoms with Crippen molar-refractivity contribution in [3.63, 3.8) is 0 Å². The monoisotopic (exact) mass is 548 g/mol. The van der Waals surface area contributed by atoms with Crippen LogP contribution in [-0.2, 0) is 29.2 Å². The highest BCUT2D eigenvalue weighted by Crippen LogP contribution is 2.33. The fourth-order valence-corrected chi connectivity index (χ4v) is 6.08. The number of hydrogen-bond acceptors (Lipinski definition) is 6. The fraction of sp³-hybridized carbons (Fsp3) is 0.360. The largest absolute Gasteiger partial charge is 0.416 e. The zero-order valence-electron chi connectivity index (χ0n) is 20.6. The average Bonchev–Trinajstić information content (AvgIpc) is 3.30. The quantitative estimate of drug-likeness (QED) is 0.508. The van der Waals surface area contributed by atoms with Crippen LogP contribution in [0.3, 0.4) is 0 Å². The lowest BCUT2D eigenvalue weighted by Gasteiger charge is -2.34. The van der Waals surface area contributed by atoms with E-state index >= 15 is 0 Å². The SMILES string of the molecule is CN1CCN(c2ccc(C(=O)Nc3n[nH]c4c3CN(S(=O)(=O)c3cccc(C(F)(F)F)c3)CC4)cc2)CC1. The van der Waals surface area contributed by atoms with Crippen molar-refractivity contribution in [3.8, 4) is 0 Å². The van der Waals surface area contributed by atoms with E-state index in [0.29, 0.717) is 22.9 Å². The predicted octanol–water partition coefficient (Wildman–Crippen LogP) is 3.18. The Labute approximate surface area is 218 Å². The van der Waals surface area contributed by atoms with Gasteiger partial charge in [0.1, 0.15) is 0 Å². The second-order valence-corrected chi connectivity index (χ2v) is 11.4. The molecule has 0 saturated carbocycles. The summed E-state index contributed by atoms with van der Waals surface area (Å²) in [5, 5.41) is 9.73. The number of aromatic nitrogens is 2. The van der Waals surface area contributed by atoms with Gasteiger partial charge in [0.25, 0.3) is 5.91 Å². The van der Waals surface area contributed by atoms with Crippen LogP contribution in [0.15, 0.2) is 53.4 Å². The Morgan fingerprint density at radius 3 is 2.42 bits per heavy atom. The van der Waals surface area contributed by atoms with Gasteiger partial charge in [-0.05, 0) is 49.5 Å². The highest BCUT2D eigenvalue weighted by molar-refractivity contribution is 7.89. The number of likely N-dealkylation sites (N-methyl/N-ethyl adjacent to an activating group) is 1. The molecule has 13 heteroatoms. The predicted molar refractivity (Wildman–Crippen MR) is 135 cm³/mol. The summed E-state index contributed by atoms with van der Waals surface area (Å²) in [5.74, 6) is -0.209. The number of nitrogens with one attached hydrogen (secondary N) is 2. The van der Waals surface area contributed by atoms with E-state index in [-0.39, 0.29) is 25.3 Å². The molecular weight excluding hydrogens is 521 g/mol. The minimum atomic E-state index is -4.66. The molecule has 3 aromatic rings. The molecule has 0 radical (unpaired) electrons. The number of H-pyrrole nitrogens is 1. The minimum Gasteiger partial charge on any atom is -0.369 e. The van der Waals surface area contributed by atoms with Crippen molar-refractivity contribution < 1.29 is 26.4 Å². The number of aromatic amines is 1. The topological polar surface area (TPSA) is 102 Å². The summed E-state index contributed by atoms with van der Waals surface area (Å²) in [7, 11) is -2.13. The van der Waals surface area contributed by atoms with Crippen LogP contribution in [0, 0.1) is 0 Å². The second-order valence-electron chi connectivity index (χ2n) is 9.43. The number of amides is 1. The number of carbonyl (C=O) groups excluding carboxylic acids is 1. The van der Waals surface area contributed by atoms with E-state index in [4.69, 9.17) is 0 Å². The molecule has 0 unspecified atom stereocenters. The normalized spacial score (nSPS) is 17.3. The number of halogens is 3. The lowest BCUT2D eigenvalue weighted by molar-refractivity contribution is -0.137. The van der Waals surface area contributed by atoms with Crippen molar-refractivity contribution in [2.75, 3.05) is 50.0 Å². The van der Waals surface area contributed by atoms with Crippen LogP contribution in [0.25, 0.3) is 0 Å². The molecule has 0 atom stereocenters. The molecule has 2 aromatic carbocycles. The van der Waals surface area contributed by atoms with Crippen LogP contribution in [0.4, 0.5) is 24.7 Å². The number of anilines is 2. The third-order valence-electron chi connectivity index (χ3n) is 6.93. The summed E-state index contributed by atoms with van der Waals surface area (Å²) in [6.07, 6.45) is -4.39. The van der Waals surface area contributed by atoms with E-state index in [1.165, 1.54) is 0 Å². The van der Waals surface area contributed by atoms with Crippen molar-refractivity contribution in [2.45, 2.75) is 24.0 Å². The molecule has 0 bridgehead atoms. The first-order valence-electron chi connectivity index (χ1n) is 12.1. The molecule has 0 aliphatic carbocycles. The Bertz CT molecular complexity index is 1430. The summed E-state index contributed by atoms with van der Waals surface area (Å²) in [6, 6.07) is 10.9. The standard InChI is InChI=1S/C25H27F3N6O3S/c1-32-11-13-33(14-12-32)19-7-5-17(6-8-19)24(35)29-23-21-16-34(10-9-22(21)30-31-23)38(36,37)20-4-2-3-18(15-20)25(26,27)28/h2-8,15H,9-14,16H2,1H3,(H2,29,30,31,35). The van der Waals surface area contributed by atoms with Gasteiger partial charge in [-0.1, -0.05) is 6.07 Å². The van der Waals surface area contributed by atoms with E-state index in [2.05, 4.69) is 32.4 Å². The molecule has 1 aromatic heterocycles. The van der Waals surface area contributed by atoms with Crippen molar-refractivity contribution in [1.29, 1.82) is 0 Å². The van der Waals surface area contributed by atoms with Crippen molar-refractivity contribution in [3.05, 3.63) is 70.9 Å². The van der Waals surface area contributed by atoms with E-state index in [0.717, 1.165) is 54.4 Å². The van der Waals surface area contributed by atoms with Crippen LogP contribution in [0.5, 0.6) is 0 Å². The first-order chi connectivity index (χ1) is 18.0. The van der Waals surface area contributed by atoms with Crippen LogP contribution in [-0.4, -0.2) is 73.5 Å². The van der Waals surface area contributed by atoms with Gasteiger partial charge in [0.15, 0.2) is 5.82 Å². The van der Waals surface area contributed by atoms with Crippen molar-refractivity contribution in [2.24, 2.45) is 0 Å². The van der Waals surface area contributed by atoms with Crippen molar-refractivity contribution in [1.82, 2.24) is 19.4 Å². The molecule has 5 rings (SSSR count). The van der Waals surface area contributed by atoms with Crippen molar-refractivity contribution >= 4 is 27.4 Å². The Kier molecular flexibility index (Phi) is 6.92. The first-order valence-corrected chi connectivity index (χ1v) is 13.5. The summed E-state index contributed by atoms with van der Waals surface area (Å²) in [5.41, 5.74) is 1.56. The molecular formula is C25H27F3N6O3S. The highest BCUT2D eigenvalue weighted by Gasteiger charge is 2.35. The van der Waals surface area contributed by atoms with Gasteiger partial charge in [-0.2, -0.15) is 22.6 Å². The molecule has 3 heterocycles. The maximum Gasteiger partial charge on any atom is 0.416 e. The number of nitrogens with zero attached hydrogens (tertiary/aromatic N) is 4. The third-order valence-corrected chi connectivity index (χ3v) is 8.77. The lowest BCUT2D eigenvalue weighted by Crippen LogP contribution is -2.44. The maximum atomic E-state index is 13.2. The number of piperazine rings is 1. The molecule has 0 spiro atoms. The number of sulfonamides is 1. The van der Waals surface area contributed by atoms with E-state index in [1.807, 2.05) is 12.1 Å². The van der Waals surface area contributed by atoms with Crippen LogP contribution in [0.2, 0.25) is 0 Å². The number of carbonyl (C=O) groups is 1. The average molecular weight is 549 g/mol. The first kappa shape index (κ1) is 26.2. The van der Waals surface area contributed by atoms with Crippen LogP contribution in [0.1, 0.15) is 27.2 Å². The molecule has 1 amide bonds. The molecule has 1 saturated heterocycles. The molecule has 2 N–H and O–H groups in total. The van der Waals surface area contributed by atoms with E-state index < -0.39 is 32.6 Å². The Balaban J connectivity index is 1.30. The molecule has 1 fully saturated rings. The van der Waals surface area contributed by atoms with Gasteiger partial charge in [-0.3, -0.25) is 9.89 Å². The van der Waals surface area contributed by atoms with E-state index in [9.17, 15) is 26.4 Å². The summed E-state index contributed by atoms with van der Waals surface area (Å²) in [4.78, 5) is 17.0. The summed E-state index contributed by atoms with van der Waals surface area (Å²) >= 11 is 0. The Morgan fingerprint density at radius 2 is 1.74 bits per heavy atom. The lowest BCUT2D eigenvalue weighted by atomic mass is 10.1. The summed E-state index contributed by atoms with van der Waals surface area (Å²) < 4.78 is 66.8. The third kappa shape index (κ3) is 5.26. The Hall–Kier alpha value is -3.42. The molecule has 9 nitrogen and oxygen atoms in total. The van der Waals surface area contributed by atoms with Gasteiger partial charge in [-0.25, -0.2) is 8.42 Å². The highest BCUT2D eigenvalue weighted by atomic mass is 32.2. The van der Waals surface area contributed by atoms with Crippen LogP contribution < -0.4 is 10.2 Å². The number of rotatable bonds is 5. The van der Waals surface area contributed by atoms with Gasteiger partial charge in [0.05, 0.1) is 10.5 Å². The molecule has 202 valence electrons. The zero-order valence-corrected chi connectivity index (χ0v) is 21.4. The number of fused-ring (bicyclic) bond motifs is 1. The number of benzene rings is 2. The Morgan fingerprint density at radius 1 is 1.03 bits per heavy atom. The molecule has 2 aliphatic heterocycles. The van der Waals surface area contributed by atoms with Gasteiger partial charge < -0.3 is 15.1 Å². The summed E-state index contributed by atoms with van der Waals surface area (Å²) in [6.45, 7) is 3.67. The van der Waals surface area contributed by atoms with E-state index in [1.54, 1.807) is 12.1 Å². The molecule has 2 aliphatic rings. The number of alkyl halides is 3. The smallest absolute Gasteiger partial charge is 0.369 e. The zero-order chi connectivity index (χ0) is 27.1.